The van der Waals surface area contributed by atoms with E-state index in [1.165, 1.54) is 13.2 Å². The number of fused-ring (bicyclic) bond motifs is 1. The first-order valence-electron chi connectivity index (χ1n) is 8.62. The molecule has 1 saturated carbocycles. The maximum Gasteiger partial charge on any atom is 0.337 e. The zero-order valence-corrected chi connectivity index (χ0v) is 15.9. The van der Waals surface area contributed by atoms with Crippen LogP contribution in [0.2, 0.25) is 0 Å². The Hall–Kier alpha value is -2.41. The van der Waals surface area contributed by atoms with Crippen molar-refractivity contribution in [1.29, 1.82) is 0 Å². The molecule has 27 heavy (non-hydrogen) atoms. The highest BCUT2D eigenvalue weighted by Crippen LogP contribution is 2.57. The van der Waals surface area contributed by atoms with Gasteiger partial charge in [-0.1, -0.05) is 6.07 Å². The molecule has 1 aliphatic rings. The van der Waals surface area contributed by atoms with Crippen LogP contribution in [-0.4, -0.2) is 23.0 Å². The molecular weight excluding hydrogens is 370 g/mol. The van der Waals surface area contributed by atoms with E-state index >= 15 is 0 Å². The number of ether oxygens (including phenoxy) is 1. The number of carbonyl (C=O) groups is 1. The summed E-state index contributed by atoms with van der Waals surface area (Å²) in [5, 5.41) is 2.96. The predicted molar refractivity (Wildman–Crippen MR) is 99.6 cm³/mol. The van der Waals surface area contributed by atoms with Gasteiger partial charge in [0.15, 0.2) is 0 Å². The number of nitrogens with zero attached hydrogens (tertiary/aromatic N) is 2. The highest BCUT2D eigenvalue weighted by atomic mass is 32.1. The van der Waals surface area contributed by atoms with E-state index in [9.17, 15) is 13.6 Å². The summed E-state index contributed by atoms with van der Waals surface area (Å²) >= 11 is 1.55. The summed E-state index contributed by atoms with van der Waals surface area (Å²) in [6.07, 6.45) is 0.752. The Morgan fingerprint density at radius 2 is 2.04 bits per heavy atom. The number of benzene rings is 1. The number of aromatic nitrogens is 2. The van der Waals surface area contributed by atoms with Gasteiger partial charge in [-0.2, -0.15) is 0 Å². The summed E-state index contributed by atoms with van der Waals surface area (Å²) in [4.78, 5) is 21.7. The van der Waals surface area contributed by atoms with E-state index in [2.05, 4.69) is 14.7 Å². The summed E-state index contributed by atoms with van der Waals surface area (Å²) in [6, 6.07) is 6.42. The van der Waals surface area contributed by atoms with Gasteiger partial charge >= 0.3 is 5.97 Å². The lowest BCUT2D eigenvalue weighted by Gasteiger charge is -2.17. The molecule has 2 heterocycles. The van der Waals surface area contributed by atoms with Crippen LogP contribution < -0.4 is 0 Å². The third-order valence-corrected chi connectivity index (χ3v) is 5.76. The number of hydrogen-bond acceptors (Lipinski definition) is 5. The van der Waals surface area contributed by atoms with Crippen molar-refractivity contribution < 1.29 is 18.3 Å². The number of carbonyl (C=O) groups excluding carboxylic acids is 1. The summed E-state index contributed by atoms with van der Waals surface area (Å²) < 4.78 is 33.2. The highest BCUT2D eigenvalue weighted by molar-refractivity contribution is 7.16. The van der Waals surface area contributed by atoms with Gasteiger partial charge in [0, 0.05) is 23.8 Å². The van der Waals surface area contributed by atoms with Gasteiger partial charge in [0.2, 0.25) is 0 Å². The third kappa shape index (κ3) is 3.20. The molecule has 1 aromatic carbocycles. The molecule has 1 fully saturated rings. The van der Waals surface area contributed by atoms with Crippen LogP contribution in [-0.2, 0) is 10.7 Å². The maximum atomic E-state index is 14.3. The van der Waals surface area contributed by atoms with E-state index in [1.54, 1.807) is 23.5 Å². The number of hydrogen-bond donors (Lipinski definition) is 0. The molecule has 4 rings (SSSR count). The number of alkyl halides is 2. The quantitative estimate of drug-likeness (QED) is 0.579. The van der Waals surface area contributed by atoms with Gasteiger partial charge in [0.05, 0.1) is 18.4 Å². The van der Waals surface area contributed by atoms with Gasteiger partial charge in [0.25, 0.3) is 5.92 Å². The van der Waals surface area contributed by atoms with E-state index in [0.717, 1.165) is 29.3 Å². The van der Waals surface area contributed by atoms with Crippen LogP contribution in [0.1, 0.15) is 58.2 Å². The van der Waals surface area contributed by atoms with Crippen molar-refractivity contribution in [3.05, 3.63) is 57.9 Å². The normalized spacial score (nSPS) is 19.3. The molecular formula is C20H18F2N2O2S. The largest absolute Gasteiger partial charge is 0.465 e. The van der Waals surface area contributed by atoms with Gasteiger partial charge < -0.3 is 4.74 Å². The zero-order chi connectivity index (χ0) is 19.3. The van der Waals surface area contributed by atoms with Crippen molar-refractivity contribution in [3.63, 3.8) is 0 Å². The van der Waals surface area contributed by atoms with Crippen molar-refractivity contribution in [2.24, 2.45) is 0 Å². The molecule has 2 atom stereocenters. The minimum atomic E-state index is -3.05. The van der Waals surface area contributed by atoms with E-state index in [0.29, 0.717) is 11.4 Å². The average Bonchev–Trinajstić information content (AvgIpc) is 3.28. The molecule has 140 valence electrons. The smallest absolute Gasteiger partial charge is 0.337 e. The second-order valence-electron chi connectivity index (χ2n) is 6.93. The number of methoxy groups -OCH3 is 1. The average molecular weight is 388 g/mol. The lowest BCUT2D eigenvalue weighted by Crippen LogP contribution is -2.13. The molecule has 0 radical (unpaired) electrons. The fourth-order valence-electron chi connectivity index (χ4n) is 3.62. The monoisotopic (exact) mass is 388 g/mol. The fourth-order valence-corrected chi connectivity index (χ4v) is 4.43. The molecule has 4 nitrogen and oxygen atoms in total. The Labute approximate surface area is 159 Å². The minimum Gasteiger partial charge on any atom is -0.465 e. The fraction of sp³-hybridized carbons (Fsp3) is 0.350. The standard InChI is InChI=1S/C20H18F2N2O2S/c1-10-23-17(13-6-7-27-18(13)24-10)15-9-14(15)12-5-4-11(19(25)26-3)8-16(12)20(2,21)22/h4-8,14-15H,9H2,1-3H3. The number of esters is 1. The van der Waals surface area contributed by atoms with Crippen molar-refractivity contribution >= 4 is 27.5 Å². The topological polar surface area (TPSA) is 52.1 Å². The molecule has 7 heteroatoms. The van der Waals surface area contributed by atoms with Crippen LogP contribution in [0.5, 0.6) is 0 Å². The molecule has 1 aliphatic carbocycles. The second kappa shape index (κ2) is 6.34. The van der Waals surface area contributed by atoms with Crippen LogP contribution in [0.15, 0.2) is 29.6 Å². The first-order valence-corrected chi connectivity index (χ1v) is 9.50. The SMILES string of the molecule is COC(=O)c1ccc(C2CC2c2nc(C)nc3sccc23)c(C(C)(F)F)c1. The van der Waals surface area contributed by atoms with E-state index in [-0.39, 0.29) is 23.0 Å². The van der Waals surface area contributed by atoms with Crippen LogP contribution in [0.3, 0.4) is 0 Å². The van der Waals surface area contributed by atoms with Gasteiger partial charge in [-0.3, -0.25) is 0 Å². The summed E-state index contributed by atoms with van der Waals surface area (Å²) in [7, 11) is 1.24. The Bertz CT molecular complexity index is 1040. The summed E-state index contributed by atoms with van der Waals surface area (Å²) in [5.41, 5.74) is 1.50. The number of thiophene rings is 1. The van der Waals surface area contributed by atoms with Gasteiger partial charge in [-0.25, -0.2) is 23.5 Å². The van der Waals surface area contributed by atoms with Crippen molar-refractivity contribution in [2.75, 3.05) is 7.11 Å². The predicted octanol–water partition coefficient (Wildman–Crippen LogP) is 5.17. The van der Waals surface area contributed by atoms with Gasteiger partial charge in [-0.05, 0) is 48.4 Å². The minimum absolute atomic E-state index is 0.0464. The van der Waals surface area contributed by atoms with E-state index in [4.69, 9.17) is 0 Å². The Kier molecular flexibility index (Phi) is 4.22. The molecule has 2 unspecified atom stereocenters. The van der Waals surface area contributed by atoms with Crippen LogP contribution in [0.4, 0.5) is 8.78 Å². The summed E-state index contributed by atoms with van der Waals surface area (Å²) in [6.45, 7) is 2.70. The third-order valence-electron chi connectivity index (χ3n) is 4.95. The Morgan fingerprint density at radius 3 is 2.74 bits per heavy atom. The first-order chi connectivity index (χ1) is 12.8. The van der Waals surface area contributed by atoms with Crippen molar-refractivity contribution in [2.45, 2.75) is 38.0 Å². The highest BCUT2D eigenvalue weighted by Gasteiger charge is 2.45. The van der Waals surface area contributed by atoms with E-state index in [1.807, 2.05) is 18.4 Å². The molecule has 3 aromatic rings. The zero-order valence-electron chi connectivity index (χ0n) is 15.1. The van der Waals surface area contributed by atoms with Crippen molar-refractivity contribution in [3.8, 4) is 0 Å². The number of rotatable bonds is 4. The van der Waals surface area contributed by atoms with E-state index < -0.39 is 11.9 Å². The molecule has 0 aliphatic heterocycles. The number of halogens is 2. The van der Waals surface area contributed by atoms with Crippen LogP contribution >= 0.6 is 11.3 Å². The van der Waals surface area contributed by atoms with Crippen molar-refractivity contribution in [1.82, 2.24) is 9.97 Å². The molecule has 0 amide bonds. The van der Waals surface area contributed by atoms with Crippen LogP contribution in [0.25, 0.3) is 10.2 Å². The molecule has 0 spiro atoms. The molecule has 0 N–H and O–H groups in total. The Morgan fingerprint density at radius 1 is 1.26 bits per heavy atom. The molecule has 2 aromatic heterocycles. The second-order valence-corrected chi connectivity index (χ2v) is 7.82. The first kappa shape index (κ1) is 18.0. The lowest BCUT2D eigenvalue weighted by molar-refractivity contribution is 0.0164. The molecule has 0 saturated heterocycles. The molecule has 0 bridgehead atoms. The van der Waals surface area contributed by atoms with Gasteiger partial charge in [0.1, 0.15) is 10.7 Å². The maximum absolute atomic E-state index is 14.3. The Balaban J connectivity index is 1.75. The summed E-state index contributed by atoms with van der Waals surface area (Å²) in [5.74, 6) is -2.95. The van der Waals surface area contributed by atoms with Gasteiger partial charge in [-0.15, -0.1) is 11.3 Å². The lowest BCUT2D eigenvalue weighted by atomic mass is 9.94. The van der Waals surface area contributed by atoms with Crippen LogP contribution in [0, 0.1) is 6.92 Å². The number of aryl methyl sites for hydroxylation is 1.